The van der Waals surface area contributed by atoms with Crippen LogP contribution in [0.15, 0.2) is 47.8 Å². The Kier molecular flexibility index (Phi) is 3.90. The fraction of sp³-hybridized carbons (Fsp3) is 0.176. The summed E-state index contributed by atoms with van der Waals surface area (Å²) in [6.45, 7) is 0. The zero-order chi connectivity index (χ0) is 14.8. The van der Waals surface area contributed by atoms with Crippen molar-refractivity contribution in [3.63, 3.8) is 0 Å². The Morgan fingerprint density at radius 1 is 1.14 bits per heavy atom. The fourth-order valence-corrected chi connectivity index (χ4v) is 3.54. The van der Waals surface area contributed by atoms with Crippen LogP contribution in [0.4, 0.5) is 4.39 Å². The molecule has 1 heterocycles. The summed E-state index contributed by atoms with van der Waals surface area (Å²) in [5, 5.41) is 6.47. The summed E-state index contributed by atoms with van der Waals surface area (Å²) >= 11 is 1.68. The number of nitrogens with one attached hydrogen (secondary N) is 1. The van der Waals surface area contributed by atoms with E-state index in [-0.39, 0.29) is 11.9 Å². The van der Waals surface area contributed by atoms with Crippen molar-refractivity contribution >= 4 is 21.4 Å². The van der Waals surface area contributed by atoms with E-state index in [9.17, 15) is 4.39 Å². The third kappa shape index (κ3) is 2.52. The first-order valence-corrected chi connectivity index (χ1v) is 7.59. The number of fused-ring (bicyclic) bond motifs is 1. The highest BCUT2D eigenvalue weighted by Crippen LogP contribution is 2.33. The molecule has 0 spiro atoms. The van der Waals surface area contributed by atoms with Crippen molar-refractivity contribution < 1.29 is 9.13 Å². The van der Waals surface area contributed by atoms with Crippen molar-refractivity contribution in [1.82, 2.24) is 5.32 Å². The third-order valence-electron chi connectivity index (χ3n) is 3.63. The molecule has 0 radical (unpaired) electrons. The van der Waals surface area contributed by atoms with E-state index >= 15 is 0 Å². The Morgan fingerprint density at radius 2 is 2.00 bits per heavy atom. The Bertz CT molecular complexity index is 768. The molecule has 1 atom stereocenters. The van der Waals surface area contributed by atoms with Gasteiger partial charge in [0.2, 0.25) is 0 Å². The second kappa shape index (κ2) is 5.84. The van der Waals surface area contributed by atoms with Gasteiger partial charge in [-0.05, 0) is 35.5 Å². The van der Waals surface area contributed by atoms with Crippen LogP contribution in [-0.4, -0.2) is 14.2 Å². The van der Waals surface area contributed by atoms with Gasteiger partial charge in [0.15, 0.2) is 0 Å². The van der Waals surface area contributed by atoms with Crippen LogP contribution in [0.25, 0.3) is 10.1 Å². The van der Waals surface area contributed by atoms with Gasteiger partial charge < -0.3 is 10.1 Å². The van der Waals surface area contributed by atoms with Gasteiger partial charge >= 0.3 is 0 Å². The van der Waals surface area contributed by atoms with E-state index in [4.69, 9.17) is 4.74 Å². The van der Waals surface area contributed by atoms with Crippen molar-refractivity contribution in [2.45, 2.75) is 6.04 Å². The van der Waals surface area contributed by atoms with Crippen LogP contribution in [-0.2, 0) is 0 Å². The van der Waals surface area contributed by atoms with Crippen molar-refractivity contribution in [1.29, 1.82) is 0 Å². The summed E-state index contributed by atoms with van der Waals surface area (Å²) in [5.74, 6) is 0.266. The van der Waals surface area contributed by atoms with E-state index < -0.39 is 0 Å². The maximum Gasteiger partial charge on any atom is 0.132 e. The second-order valence-corrected chi connectivity index (χ2v) is 5.71. The van der Waals surface area contributed by atoms with Crippen LogP contribution < -0.4 is 10.1 Å². The lowest BCUT2D eigenvalue weighted by atomic mass is 9.97. The van der Waals surface area contributed by atoms with Gasteiger partial charge in [-0.15, -0.1) is 11.3 Å². The van der Waals surface area contributed by atoms with Gasteiger partial charge in [0.05, 0.1) is 13.2 Å². The minimum absolute atomic E-state index is 0.182. The highest BCUT2D eigenvalue weighted by atomic mass is 32.1. The lowest BCUT2D eigenvalue weighted by Gasteiger charge is -2.19. The third-order valence-corrected chi connectivity index (χ3v) is 4.61. The molecule has 0 aliphatic carbocycles. The molecular formula is C17H16FNOS. The first-order valence-electron chi connectivity index (χ1n) is 6.71. The van der Waals surface area contributed by atoms with E-state index in [2.05, 4.69) is 22.8 Å². The van der Waals surface area contributed by atoms with E-state index in [0.717, 1.165) is 5.56 Å². The predicted octanol–water partition coefficient (Wildman–Crippen LogP) is 4.36. The van der Waals surface area contributed by atoms with Gasteiger partial charge in [-0.25, -0.2) is 4.39 Å². The molecule has 2 aromatic carbocycles. The topological polar surface area (TPSA) is 21.3 Å². The van der Waals surface area contributed by atoms with Crippen molar-refractivity contribution in [2.24, 2.45) is 0 Å². The lowest BCUT2D eigenvalue weighted by molar-refractivity contribution is 0.410. The maximum atomic E-state index is 14.4. The number of ether oxygens (including phenoxy) is 1. The fourth-order valence-electron chi connectivity index (χ4n) is 2.59. The molecule has 1 aromatic heterocycles. The molecule has 1 unspecified atom stereocenters. The number of benzene rings is 2. The number of thiophene rings is 1. The molecule has 4 heteroatoms. The average Bonchev–Trinajstić information content (AvgIpc) is 2.98. The quantitative estimate of drug-likeness (QED) is 0.773. The summed E-state index contributed by atoms with van der Waals surface area (Å²) in [6, 6.07) is 13.0. The van der Waals surface area contributed by atoms with Crippen LogP contribution >= 0.6 is 11.3 Å². The Balaban J connectivity index is 2.12. The number of hydrogen-bond donors (Lipinski definition) is 1. The van der Waals surface area contributed by atoms with Crippen molar-refractivity contribution in [3.8, 4) is 5.75 Å². The van der Waals surface area contributed by atoms with Crippen LogP contribution in [0.5, 0.6) is 5.75 Å². The van der Waals surface area contributed by atoms with E-state index in [1.54, 1.807) is 23.5 Å². The normalized spacial score (nSPS) is 12.5. The average molecular weight is 301 g/mol. The molecule has 21 heavy (non-hydrogen) atoms. The van der Waals surface area contributed by atoms with Crippen LogP contribution in [0.3, 0.4) is 0 Å². The smallest absolute Gasteiger partial charge is 0.132 e. The van der Waals surface area contributed by atoms with Crippen LogP contribution in [0.1, 0.15) is 17.2 Å². The van der Waals surface area contributed by atoms with Gasteiger partial charge in [-0.1, -0.05) is 24.3 Å². The largest absolute Gasteiger partial charge is 0.497 e. The van der Waals surface area contributed by atoms with Crippen molar-refractivity contribution in [3.05, 3.63) is 64.8 Å². The molecule has 0 saturated carbocycles. The molecule has 2 nitrogen and oxygen atoms in total. The molecule has 108 valence electrons. The number of rotatable bonds is 4. The molecule has 0 aliphatic heterocycles. The molecule has 3 rings (SSSR count). The van der Waals surface area contributed by atoms with Gasteiger partial charge in [-0.2, -0.15) is 0 Å². The Labute approximate surface area is 127 Å². The van der Waals surface area contributed by atoms with Crippen molar-refractivity contribution in [2.75, 3.05) is 14.2 Å². The molecule has 0 saturated heterocycles. The molecule has 0 bridgehead atoms. The lowest BCUT2D eigenvalue weighted by Crippen LogP contribution is -2.19. The molecule has 0 aliphatic rings. The minimum Gasteiger partial charge on any atom is -0.497 e. The highest BCUT2D eigenvalue weighted by Gasteiger charge is 2.19. The highest BCUT2D eigenvalue weighted by molar-refractivity contribution is 7.17. The summed E-state index contributed by atoms with van der Waals surface area (Å²) < 4.78 is 20.6. The molecule has 0 amide bonds. The zero-order valence-electron chi connectivity index (χ0n) is 11.9. The SMILES string of the molecule is CNC(c1ccc(OC)cc1F)c1cccc2ccsc12. The molecular weight excluding hydrogens is 285 g/mol. The number of halogens is 1. The van der Waals surface area contributed by atoms with Gasteiger partial charge in [0.25, 0.3) is 0 Å². The summed E-state index contributed by atoms with van der Waals surface area (Å²) in [4.78, 5) is 0. The summed E-state index contributed by atoms with van der Waals surface area (Å²) in [7, 11) is 3.39. The minimum atomic E-state index is -0.262. The van der Waals surface area contributed by atoms with E-state index in [1.807, 2.05) is 19.2 Å². The number of hydrogen-bond acceptors (Lipinski definition) is 3. The van der Waals surface area contributed by atoms with E-state index in [1.165, 1.54) is 23.3 Å². The summed E-state index contributed by atoms with van der Waals surface area (Å²) in [5.41, 5.74) is 1.72. The molecule has 0 fully saturated rings. The van der Waals surface area contributed by atoms with E-state index in [0.29, 0.717) is 11.3 Å². The number of methoxy groups -OCH3 is 1. The standard InChI is InChI=1S/C17H16FNOS/c1-19-16(13-7-6-12(20-2)10-15(13)18)14-5-3-4-11-8-9-21-17(11)14/h3-10,16,19H,1-2H3. The monoisotopic (exact) mass is 301 g/mol. The Hall–Kier alpha value is -1.91. The van der Waals surface area contributed by atoms with Crippen LogP contribution in [0.2, 0.25) is 0 Å². The van der Waals surface area contributed by atoms with Gasteiger partial charge in [0.1, 0.15) is 11.6 Å². The van der Waals surface area contributed by atoms with Gasteiger partial charge in [-0.3, -0.25) is 0 Å². The van der Waals surface area contributed by atoms with Gasteiger partial charge in [0, 0.05) is 16.3 Å². The Morgan fingerprint density at radius 3 is 2.71 bits per heavy atom. The maximum absolute atomic E-state index is 14.4. The molecule has 1 N–H and O–H groups in total. The molecule has 3 aromatic rings. The van der Waals surface area contributed by atoms with Crippen LogP contribution in [0, 0.1) is 5.82 Å². The first kappa shape index (κ1) is 14.0. The first-order chi connectivity index (χ1) is 10.2. The zero-order valence-corrected chi connectivity index (χ0v) is 12.7. The second-order valence-electron chi connectivity index (χ2n) is 4.80. The summed E-state index contributed by atoms with van der Waals surface area (Å²) in [6.07, 6.45) is 0. The predicted molar refractivity (Wildman–Crippen MR) is 85.7 cm³/mol.